The molecule has 0 aliphatic heterocycles. The number of fused-ring (bicyclic) bond motifs is 2. The van der Waals surface area contributed by atoms with Crippen molar-refractivity contribution < 1.29 is 14.3 Å². The summed E-state index contributed by atoms with van der Waals surface area (Å²) in [7, 11) is 1.37. The lowest BCUT2D eigenvalue weighted by Crippen LogP contribution is -2.16. The Kier molecular flexibility index (Phi) is 5.97. The van der Waals surface area contributed by atoms with Gasteiger partial charge in [-0.25, -0.2) is 4.79 Å². The number of benzene rings is 3. The van der Waals surface area contributed by atoms with Crippen LogP contribution in [0.25, 0.3) is 21.9 Å². The van der Waals surface area contributed by atoms with Crippen molar-refractivity contribution >= 4 is 39.0 Å². The summed E-state index contributed by atoms with van der Waals surface area (Å²) < 4.78 is 5.08. The second-order valence-electron chi connectivity index (χ2n) is 8.40. The number of aryl methyl sites for hydroxylation is 2. The van der Waals surface area contributed by atoms with Gasteiger partial charge < -0.3 is 10.1 Å². The highest BCUT2D eigenvalue weighted by Gasteiger charge is 2.23. The number of carbonyl (C=O) groups is 2. The van der Waals surface area contributed by atoms with Crippen molar-refractivity contribution in [3.63, 3.8) is 0 Å². The van der Waals surface area contributed by atoms with Crippen LogP contribution in [0.3, 0.4) is 0 Å². The Labute approximate surface area is 197 Å². The topological polar surface area (TPSA) is 55.4 Å². The van der Waals surface area contributed by atoms with Crippen molar-refractivity contribution in [3.8, 4) is 11.1 Å². The highest BCUT2D eigenvalue weighted by molar-refractivity contribution is 7.15. The van der Waals surface area contributed by atoms with Crippen LogP contribution in [-0.4, -0.2) is 19.0 Å². The lowest BCUT2D eigenvalue weighted by molar-refractivity contribution is -0.115. The van der Waals surface area contributed by atoms with Gasteiger partial charge in [-0.05, 0) is 58.7 Å². The molecule has 4 nitrogen and oxygen atoms in total. The molecule has 33 heavy (non-hydrogen) atoms. The van der Waals surface area contributed by atoms with E-state index in [0.717, 1.165) is 40.3 Å². The smallest absolute Gasteiger partial charge is 0.341 e. The molecule has 1 aliphatic rings. The number of hydrogen-bond donors (Lipinski definition) is 1. The standard InChI is InChI=1S/C28H25NO3S/c1-32-28(31)26-24(22-14-13-18-7-2-3-9-20(18)15-22)17-33-27(26)29-25(30)16-21-11-6-10-19-8-4-5-12-23(19)21/h4-6,8,10-15,17H,2-3,7,9,16H2,1H3,(H,29,30). The highest BCUT2D eigenvalue weighted by atomic mass is 32.1. The molecule has 1 aliphatic carbocycles. The molecule has 1 aromatic heterocycles. The Morgan fingerprint density at radius 3 is 2.61 bits per heavy atom. The number of anilines is 1. The molecule has 0 atom stereocenters. The van der Waals surface area contributed by atoms with E-state index >= 15 is 0 Å². The first-order valence-corrected chi connectivity index (χ1v) is 12.1. The van der Waals surface area contributed by atoms with Crippen LogP contribution in [0.15, 0.2) is 66.0 Å². The van der Waals surface area contributed by atoms with Gasteiger partial charge in [0.05, 0.1) is 13.5 Å². The van der Waals surface area contributed by atoms with Crippen LogP contribution < -0.4 is 5.32 Å². The van der Waals surface area contributed by atoms with Crippen LogP contribution in [0, 0.1) is 0 Å². The zero-order valence-electron chi connectivity index (χ0n) is 18.5. The van der Waals surface area contributed by atoms with Crippen molar-refractivity contribution in [1.29, 1.82) is 0 Å². The molecular weight excluding hydrogens is 430 g/mol. The molecule has 0 saturated carbocycles. The predicted octanol–water partition coefficient (Wildman–Crippen LogP) is 6.41. The first-order valence-electron chi connectivity index (χ1n) is 11.2. The van der Waals surface area contributed by atoms with Crippen molar-refractivity contribution in [2.75, 3.05) is 12.4 Å². The average molecular weight is 456 g/mol. The predicted molar refractivity (Wildman–Crippen MR) is 134 cm³/mol. The van der Waals surface area contributed by atoms with E-state index in [4.69, 9.17) is 4.74 Å². The summed E-state index contributed by atoms with van der Waals surface area (Å²) in [4.78, 5) is 25.7. The minimum Gasteiger partial charge on any atom is -0.465 e. The molecule has 0 saturated heterocycles. The summed E-state index contributed by atoms with van der Waals surface area (Å²) in [6.45, 7) is 0. The zero-order chi connectivity index (χ0) is 22.8. The van der Waals surface area contributed by atoms with Crippen LogP contribution in [0.1, 0.15) is 39.9 Å². The largest absolute Gasteiger partial charge is 0.465 e. The third-order valence-electron chi connectivity index (χ3n) is 6.32. The molecule has 3 aromatic carbocycles. The fourth-order valence-corrected chi connectivity index (χ4v) is 5.63. The van der Waals surface area contributed by atoms with E-state index in [-0.39, 0.29) is 12.3 Å². The Hall–Kier alpha value is -3.44. The minimum atomic E-state index is -0.440. The molecule has 0 spiro atoms. The van der Waals surface area contributed by atoms with Crippen LogP contribution in [0.4, 0.5) is 5.00 Å². The van der Waals surface area contributed by atoms with E-state index in [1.54, 1.807) is 0 Å². The average Bonchev–Trinajstić information content (AvgIpc) is 3.26. The Balaban J connectivity index is 1.44. The van der Waals surface area contributed by atoms with E-state index in [2.05, 4.69) is 23.5 Å². The zero-order valence-corrected chi connectivity index (χ0v) is 19.3. The first kappa shape index (κ1) is 21.4. The van der Waals surface area contributed by atoms with Gasteiger partial charge >= 0.3 is 5.97 Å². The van der Waals surface area contributed by atoms with Gasteiger partial charge in [0.2, 0.25) is 5.91 Å². The normalized spacial score (nSPS) is 12.9. The van der Waals surface area contributed by atoms with Gasteiger partial charge in [0.1, 0.15) is 10.6 Å². The molecule has 0 fully saturated rings. The van der Waals surface area contributed by atoms with Crippen molar-refractivity contribution in [2.24, 2.45) is 0 Å². The SMILES string of the molecule is COC(=O)c1c(-c2ccc3c(c2)CCCC3)csc1NC(=O)Cc1cccc2ccccc12. The van der Waals surface area contributed by atoms with Crippen molar-refractivity contribution in [1.82, 2.24) is 0 Å². The molecule has 0 radical (unpaired) electrons. The molecule has 5 rings (SSSR count). The van der Waals surface area contributed by atoms with Crippen LogP contribution in [0.5, 0.6) is 0 Å². The maximum atomic E-state index is 13.0. The van der Waals surface area contributed by atoms with Crippen LogP contribution >= 0.6 is 11.3 Å². The molecule has 1 amide bonds. The molecular formula is C28H25NO3S. The summed E-state index contributed by atoms with van der Waals surface area (Å²) >= 11 is 1.36. The number of nitrogens with one attached hydrogen (secondary N) is 1. The third kappa shape index (κ3) is 4.29. The van der Waals surface area contributed by atoms with Crippen molar-refractivity contribution in [2.45, 2.75) is 32.1 Å². The second-order valence-corrected chi connectivity index (χ2v) is 9.28. The first-order chi connectivity index (χ1) is 16.1. The fraction of sp³-hybridized carbons (Fsp3) is 0.214. The Morgan fingerprint density at radius 1 is 0.970 bits per heavy atom. The number of amides is 1. The lowest BCUT2D eigenvalue weighted by Gasteiger charge is -2.16. The number of thiophene rings is 1. The summed E-state index contributed by atoms with van der Waals surface area (Å²) in [5, 5.41) is 7.59. The monoisotopic (exact) mass is 455 g/mol. The fourth-order valence-electron chi connectivity index (χ4n) is 4.66. The maximum Gasteiger partial charge on any atom is 0.341 e. The number of methoxy groups -OCH3 is 1. The van der Waals surface area contributed by atoms with Gasteiger partial charge in [-0.15, -0.1) is 11.3 Å². The van der Waals surface area contributed by atoms with Gasteiger partial charge in [-0.2, -0.15) is 0 Å². The molecule has 5 heteroatoms. The minimum absolute atomic E-state index is 0.157. The number of rotatable bonds is 5. The molecule has 166 valence electrons. The summed E-state index contributed by atoms with van der Waals surface area (Å²) in [5.41, 5.74) is 5.91. The van der Waals surface area contributed by atoms with E-state index < -0.39 is 5.97 Å². The lowest BCUT2D eigenvalue weighted by atomic mass is 9.89. The van der Waals surface area contributed by atoms with Gasteiger partial charge in [0, 0.05) is 10.9 Å². The van der Waals surface area contributed by atoms with Gasteiger partial charge in [-0.3, -0.25) is 4.79 Å². The second kappa shape index (κ2) is 9.20. The Morgan fingerprint density at radius 2 is 1.76 bits per heavy atom. The third-order valence-corrected chi connectivity index (χ3v) is 7.22. The number of ether oxygens (including phenoxy) is 1. The summed E-state index contributed by atoms with van der Waals surface area (Å²) in [5.74, 6) is -0.597. The maximum absolute atomic E-state index is 13.0. The van der Waals surface area contributed by atoms with Gasteiger partial charge in [0.25, 0.3) is 0 Å². The quantitative estimate of drug-likeness (QED) is 0.354. The van der Waals surface area contributed by atoms with Gasteiger partial charge in [-0.1, -0.05) is 60.7 Å². The Bertz CT molecular complexity index is 1350. The number of esters is 1. The van der Waals surface area contributed by atoms with Crippen molar-refractivity contribution in [3.05, 3.63) is 88.3 Å². The van der Waals surface area contributed by atoms with E-state index in [9.17, 15) is 9.59 Å². The van der Waals surface area contributed by atoms with Gasteiger partial charge in [0.15, 0.2) is 0 Å². The van der Waals surface area contributed by atoms with E-state index in [1.807, 2.05) is 47.8 Å². The molecule has 1 N–H and O–H groups in total. The van der Waals surface area contributed by atoms with E-state index in [0.29, 0.717) is 10.6 Å². The summed E-state index contributed by atoms with van der Waals surface area (Å²) in [6.07, 6.45) is 4.83. The van der Waals surface area contributed by atoms with E-state index in [1.165, 1.54) is 42.4 Å². The highest BCUT2D eigenvalue weighted by Crippen LogP contribution is 2.38. The molecule has 1 heterocycles. The van der Waals surface area contributed by atoms with Crippen LogP contribution in [-0.2, 0) is 28.8 Å². The van der Waals surface area contributed by atoms with Crippen LogP contribution in [0.2, 0.25) is 0 Å². The molecule has 4 aromatic rings. The molecule has 0 unspecified atom stereocenters. The molecule has 0 bridgehead atoms. The number of hydrogen-bond acceptors (Lipinski definition) is 4. The summed E-state index contributed by atoms with van der Waals surface area (Å²) in [6, 6.07) is 20.4. The number of carbonyl (C=O) groups excluding carboxylic acids is 2.